The predicted octanol–water partition coefficient (Wildman–Crippen LogP) is 5.25. The molecule has 0 atom stereocenters. The molecule has 0 radical (unpaired) electrons. The van der Waals surface area contributed by atoms with Crippen LogP contribution in [0.2, 0.25) is 0 Å². The molecule has 0 bridgehead atoms. The van der Waals surface area contributed by atoms with Crippen molar-refractivity contribution in [3.63, 3.8) is 0 Å². The van der Waals surface area contributed by atoms with Crippen LogP contribution in [0.5, 0.6) is 0 Å². The van der Waals surface area contributed by atoms with Crippen molar-refractivity contribution in [2.24, 2.45) is 16.7 Å². The fourth-order valence-corrected chi connectivity index (χ4v) is 1.74. The third-order valence-corrected chi connectivity index (χ3v) is 5.70. The molecule has 0 saturated carbocycles. The maximum Gasteiger partial charge on any atom is 0.344 e. The Balaban J connectivity index is 0. The van der Waals surface area contributed by atoms with Gasteiger partial charge in [-0.1, -0.05) is 27.7 Å². The molecule has 8 heteroatoms. The average molecular weight is 489 g/mol. The summed E-state index contributed by atoms with van der Waals surface area (Å²) >= 11 is 0. The standard InChI is InChI=1S/C14H26O4.C12H22O4/c1-8-13(4,5)12(16)17-9-11(15)18-14(6,7)10(2)3;1-7-12(5,6)10(14)15-8-9(13)16-11(2,3)4/h10H,8-9H2,1-7H3;7-8H2,1-6H3. The number of carbonyl (C=O) groups is 4. The van der Waals surface area contributed by atoms with Crippen LogP contribution in [-0.2, 0) is 38.1 Å². The highest BCUT2D eigenvalue weighted by Gasteiger charge is 2.31. The Labute approximate surface area is 206 Å². The number of hydrogen-bond donors (Lipinski definition) is 0. The number of carbonyl (C=O) groups excluding carboxylic acids is 4. The van der Waals surface area contributed by atoms with E-state index in [1.54, 1.807) is 48.5 Å². The van der Waals surface area contributed by atoms with Gasteiger partial charge >= 0.3 is 23.9 Å². The number of hydrogen-bond acceptors (Lipinski definition) is 8. The van der Waals surface area contributed by atoms with Crippen molar-refractivity contribution in [2.75, 3.05) is 13.2 Å². The summed E-state index contributed by atoms with van der Waals surface area (Å²) in [4.78, 5) is 46.1. The first-order valence-electron chi connectivity index (χ1n) is 11.9. The smallest absolute Gasteiger partial charge is 0.344 e. The van der Waals surface area contributed by atoms with Gasteiger partial charge in [-0.2, -0.15) is 0 Å². The molecule has 0 aliphatic rings. The fraction of sp³-hybridized carbons (Fsp3) is 0.846. The number of esters is 4. The van der Waals surface area contributed by atoms with Crippen LogP contribution in [0.3, 0.4) is 0 Å². The zero-order valence-electron chi connectivity index (χ0n) is 23.7. The molecule has 0 aromatic heterocycles. The fourth-order valence-electron chi connectivity index (χ4n) is 1.74. The Morgan fingerprint density at radius 2 is 0.941 bits per heavy atom. The molecule has 0 aliphatic carbocycles. The third-order valence-electron chi connectivity index (χ3n) is 5.70. The minimum atomic E-state index is -0.562. The second-order valence-electron chi connectivity index (χ2n) is 11.4. The van der Waals surface area contributed by atoms with Gasteiger partial charge < -0.3 is 18.9 Å². The van der Waals surface area contributed by atoms with E-state index < -0.39 is 34.0 Å². The Bertz CT molecular complexity index is 681. The van der Waals surface area contributed by atoms with Gasteiger partial charge in [0.15, 0.2) is 13.2 Å². The van der Waals surface area contributed by atoms with Gasteiger partial charge in [0.25, 0.3) is 0 Å². The SMILES string of the molecule is CCC(C)(C)C(=O)OCC(=O)OC(C)(C)C.CCC(C)(C)C(=O)OCC(=O)OC(C)(C)C(C)C. The van der Waals surface area contributed by atoms with Gasteiger partial charge in [0.1, 0.15) is 11.2 Å². The van der Waals surface area contributed by atoms with Crippen LogP contribution in [-0.4, -0.2) is 48.3 Å². The highest BCUT2D eigenvalue weighted by molar-refractivity contribution is 5.80. The van der Waals surface area contributed by atoms with Crippen molar-refractivity contribution in [3.05, 3.63) is 0 Å². The molecule has 0 aromatic rings. The molecular weight excluding hydrogens is 440 g/mol. The third kappa shape index (κ3) is 14.2. The molecule has 0 aliphatic heterocycles. The number of ether oxygens (including phenoxy) is 4. The van der Waals surface area contributed by atoms with Crippen LogP contribution in [0, 0.1) is 16.7 Å². The molecule has 0 aromatic carbocycles. The topological polar surface area (TPSA) is 105 Å². The van der Waals surface area contributed by atoms with Crippen molar-refractivity contribution in [1.29, 1.82) is 0 Å². The van der Waals surface area contributed by atoms with Crippen molar-refractivity contribution < 1.29 is 38.1 Å². The van der Waals surface area contributed by atoms with E-state index in [2.05, 4.69) is 0 Å². The van der Waals surface area contributed by atoms with Crippen LogP contribution in [0.4, 0.5) is 0 Å². The van der Waals surface area contributed by atoms with Gasteiger partial charge in [-0.25, -0.2) is 9.59 Å². The van der Waals surface area contributed by atoms with E-state index in [-0.39, 0.29) is 31.1 Å². The molecule has 0 unspecified atom stereocenters. The van der Waals surface area contributed by atoms with Crippen LogP contribution in [0.1, 0.15) is 103 Å². The van der Waals surface area contributed by atoms with E-state index in [1.807, 2.05) is 41.5 Å². The maximum absolute atomic E-state index is 11.7. The van der Waals surface area contributed by atoms with Gasteiger partial charge in [-0.15, -0.1) is 0 Å². The quantitative estimate of drug-likeness (QED) is 0.303. The van der Waals surface area contributed by atoms with E-state index in [1.165, 1.54) is 0 Å². The maximum atomic E-state index is 11.7. The second kappa shape index (κ2) is 13.7. The first-order chi connectivity index (χ1) is 15.1. The lowest BCUT2D eigenvalue weighted by molar-refractivity contribution is -0.174. The molecule has 0 heterocycles. The van der Waals surface area contributed by atoms with E-state index in [0.717, 1.165) is 0 Å². The van der Waals surface area contributed by atoms with Crippen LogP contribution < -0.4 is 0 Å². The molecule has 0 rings (SSSR count). The second-order valence-corrected chi connectivity index (χ2v) is 11.4. The van der Waals surface area contributed by atoms with Crippen molar-refractivity contribution in [3.8, 4) is 0 Å². The highest BCUT2D eigenvalue weighted by Crippen LogP contribution is 2.23. The number of rotatable bonds is 10. The lowest BCUT2D eigenvalue weighted by Gasteiger charge is -2.29. The Kier molecular flexibility index (Phi) is 13.7. The van der Waals surface area contributed by atoms with Crippen LogP contribution in [0.15, 0.2) is 0 Å². The van der Waals surface area contributed by atoms with Gasteiger partial charge in [-0.3, -0.25) is 9.59 Å². The van der Waals surface area contributed by atoms with Crippen LogP contribution >= 0.6 is 0 Å². The van der Waals surface area contributed by atoms with Gasteiger partial charge in [0.05, 0.1) is 10.8 Å². The minimum absolute atomic E-state index is 0.198. The first-order valence-corrected chi connectivity index (χ1v) is 11.9. The van der Waals surface area contributed by atoms with E-state index in [4.69, 9.17) is 18.9 Å². The molecule has 8 nitrogen and oxygen atoms in total. The Morgan fingerprint density at radius 3 is 1.21 bits per heavy atom. The summed E-state index contributed by atoms with van der Waals surface area (Å²) in [6.07, 6.45) is 1.33. The Hall–Kier alpha value is -2.12. The summed E-state index contributed by atoms with van der Waals surface area (Å²) in [5, 5.41) is 0. The van der Waals surface area contributed by atoms with Crippen molar-refractivity contribution in [2.45, 2.75) is 114 Å². The Morgan fingerprint density at radius 1 is 0.618 bits per heavy atom. The first kappa shape index (κ1) is 34.0. The largest absolute Gasteiger partial charge is 0.457 e. The molecular formula is C26H48O8. The zero-order valence-corrected chi connectivity index (χ0v) is 23.7. The molecule has 0 N–H and O–H groups in total. The normalized spacial score (nSPS) is 12.3. The lowest BCUT2D eigenvalue weighted by atomic mass is 9.91. The molecule has 0 amide bonds. The molecule has 0 saturated heterocycles. The predicted molar refractivity (Wildman–Crippen MR) is 131 cm³/mol. The van der Waals surface area contributed by atoms with Crippen LogP contribution in [0.25, 0.3) is 0 Å². The van der Waals surface area contributed by atoms with Gasteiger partial charge in [0.2, 0.25) is 0 Å². The molecule has 0 fully saturated rings. The molecule has 34 heavy (non-hydrogen) atoms. The molecule has 0 spiro atoms. The summed E-state index contributed by atoms with van der Waals surface area (Å²) < 4.78 is 20.2. The summed E-state index contributed by atoms with van der Waals surface area (Å²) in [5.41, 5.74) is -2.22. The highest BCUT2D eigenvalue weighted by atomic mass is 16.6. The summed E-state index contributed by atoms with van der Waals surface area (Å²) in [5.74, 6) is -1.57. The monoisotopic (exact) mass is 488 g/mol. The minimum Gasteiger partial charge on any atom is -0.457 e. The average Bonchev–Trinajstić information content (AvgIpc) is 2.68. The van der Waals surface area contributed by atoms with Gasteiger partial charge in [-0.05, 0) is 81.1 Å². The van der Waals surface area contributed by atoms with Crippen molar-refractivity contribution in [1.82, 2.24) is 0 Å². The van der Waals surface area contributed by atoms with Crippen molar-refractivity contribution >= 4 is 23.9 Å². The van der Waals surface area contributed by atoms with Gasteiger partial charge in [0, 0.05) is 0 Å². The summed E-state index contributed by atoms with van der Waals surface area (Å²) in [7, 11) is 0. The lowest BCUT2D eigenvalue weighted by Crippen LogP contribution is -2.36. The zero-order chi connectivity index (χ0) is 27.5. The van der Waals surface area contributed by atoms with E-state index in [9.17, 15) is 19.2 Å². The summed E-state index contributed by atoms with van der Waals surface area (Å²) in [6.45, 7) is 23.2. The molecule has 200 valence electrons. The van der Waals surface area contributed by atoms with E-state index >= 15 is 0 Å². The summed E-state index contributed by atoms with van der Waals surface area (Å²) in [6, 6.07) is 0. The van der Waals surface area contributed by atoms with E-state index in [0.29, 0.717) is 12.8 Å².